The molecule has 1 atom stereocenters. The van der Waals surface area contributed by atoms with E-state index in [0.717, 1.165) is 0 Å². The molecule has 1 unspecified atom stereocenters. The Kier molecular flexibility index (Phi) is 5.53. The van der Waals surface area contributed by atoms with Crippen LogP contribution in [0, 0.1) is 5.92 Å². The lowest BCUT2D eigenvalue weighted by Gasteiger charge is -2.27. The Morgan fingerprint density at radius 2 is 2.00 bits per heavy atom. The molecule has 1 fully saturated rings. The second kappa shape index (κ2) is 6.72. The number of ether oxygens (including phenoxy) is 2. The van der Waals surface area contributed by atoms with Gasteiger partial charge in [0, 0.05) is 25.9 Å². The Hall–Kier alpha value is -1.59. The first-order valence-electron chi connectivity index (χ1n) is 6.89. The van der Waals surface area contributed by atoms with E-state index in [-0.39, 0.29) is 38.3 Å². The monoisotopic (exact) mass is 285 g/mol. The molecule has 1 amide bonds. The third-order valence-corrected chi connectivity index (χ3v) is 2.85. The number of esters is 1. The normalized spacial score (nSPS) is 20.3. The number of ketones is 1. The van der Waals surface area contributed by atoms with Crippen LogP contribution in [0.3, 0.4) is 0 Å². The molecule has 1 rings (SSSR count). The van der Waals surface area contributed by atoms with Gasteiger partial charge in [-0.3, -0.25) is 9.59 Å². The Morgan fingerprint density at radius 1 is 1.35 bits per heavy atom. The number of nitrogens with zero attached hydrogens (tertiary/aromatic N) is 1. The maximum absolute atomic E-state index is 12.0. The first-order chi connectivity index (χ1) is 9.23. The third kappa shape index (κ3) is 5.19. The lowest BCUT2D eigenvalue weighted by molar-refractivity contribution is -0.149. The maximum Gasteiger partial charge on any atom is 0.410 e. The van der Waals surface area contributed by atoms with E-state index in [4.69, 9.17) is 9.47 Å². The molecule has 0 bridgehead atoms. The van der Waals surface area contributed by atoms with Gasteiger partial charge in [-0.15, -0.1) is 0 Å². The van der Waals surface area contributed by atoms with Gasteiger partial charge in [-0.25, -0.2) is 4.79 Å². The lowest BCUT2D eigenvalue weighted by Crippen LogP contribution is -2.40. The van der Waals surface area contributed by atoms with Crippen LogP contribution in [0.15, 0.2) is 0 Å². The van der Waals surface area contributed by atoms with Crippen LogP contribution in [0.4, 0.5) is 4.79 Å². The van der Waals surface area contributed by atoms with Crippen LogP contribution < -0.4 is 0 Å². The van der Waals surface area contributed by atoms with Gasteiger partial charge in [0.15, 0.2) is 0 Å². The van der Waals surface area contributed by atoms with Crippen LogP contribution in [0.25, 0.3) is 0 Å². The van der Waals surface area contributed by atoms with E-state index >= 15 is 0 Å². The minimum atomic E-state index is -0.604. The van der Waals surface area contributed by atoms with Crippen LogP contribution in [0.5, 0.6) is 0 Å². The van der Waals surface area contributed by atoms with Crippen molar-refractivity contribution in [3.05, 3.63) is 0 Å². The summed E-state index contributed by atoms with van der Waals surface area (Å²) in [5, 5.41) is 0. The van der Waals surface area contributed by atoms with Crippen LogP contribution in [0.1, 0.15) is 40.5 Å². The predicted octanol–water partition coefficient (Wildman–Crippen LogP) is 1.77. The van der Waals surface area contributed by atoms with Crippen molar-refractivity contribution in [1.29, 1.82) is 0 Å². The van der Waals surface area contributed by atoms with E-state index in [0.29, 0.717) is 0 Å². The van der Waals surface area contributed by atoms with E-state index < -0.39 is 23.6 Å². The average Bonchev–Trinajstić information content (AvgIpc) is 2.49. The molecule has 0 N–H and O–H groups in total. The van der Waals surface area contributed by atoms with Crippen LogP contribution in [-0.2, 0) is 19.1 Å². The first-order valence-corrected chi connectivity index (χ1v) is 6.89. The minimum Gasteiger partial charge on any atom is -0.466 e. The van der Waals surface area contributed by atoms with E-state index in [9.17, 15) is 14.4 Å². The third-order valence-electron chi connectivity index (χ3n) is 2.85. The number of likely N-dealkylation sites (tertiary alicyclic amines) is 1. The summed E-state index contributed by atoms with van der Waals surface area (Å²) in [5.74, 6) is -1.07. The Balaban J connectivity index is 2.74. The van der Waals surface area contributed by atoms with Crippen molar-refractivity contribution in [3.63, 3.8) is 0 Å². The fraction of sp³-hybridized carbons (Fsp3) is 0.786. The summed E-state index contributed by atoms with van der Waals surface area (Å²) in [6, 6.07) is 0. The molecule has 20 heavy (non-hydrogen) atoms. The van der Waals surface area contributed by atoms with Crippen molar-refractivity contribution >= 4 is 17.8 Å². The summed E-state index contributed by atoms with van der Waals surface area (Å²) in [7, 11) is 0. The van der Waals surface area contributed by atoms with E-state index in [2.05, 4.69) is 0 Å². The Morgan fingerprint density at radius 3 is 2.55 bits per heavy atom. The number of rotatable bonds is 2. The SMILES string of the molecule is CCOC(=O)C1CC(=O)CCN(C(=O)OC(C)(C)C)C1. The molecule has 1 heterocycles. The summed E-state index contributed by atoms with van der Waals surface area (Å²) < 4.78 is 10.2. The first kappa shape index (κ1) is 16.5. The number of carbonyl (C=O) groups excluding carboxylic acids is 3. The zero-order valence-corrected chi connectivity index (χ0v) is 12.6. The van der Waals surface area contributed by atoms with E-state index in [1.165, 1.54) is 4.90 Å². The summed E-state index contributed by atoms with van der Waals surface area (Å²) >= 11 is 0. The highest BCUT2D eigenvalue weighted by Gasteiger charge is 2.32. The molecule has 6 nitrogen and oxygen atoms in total. The standard InChI is InChI=1S/C14H23NO5/c1-5-19-12(17)10-8-11(16)6-7-15(9-10)13(18)20-14(2,3)4/h10H,5-9H2,1-4H3. The molecule has 1 aliphatic rings. The van der Waals surface area contributed by atoms with Gasteiger partial charge in [-0.05, 0) is 27.7 Å². The van der Waals surface area contributed by atoms with Gasteiger partial charge >= 0.3 is 12.1 Å². The van der Waals surface area contributed by atoms with Gasteiger partial charge in [-0.2, -0.15) is 0 Å². The number of hydrogen-bond acceptors (Lipinski definition) is 5. The van der Waals surface area contributed by atoms with E-state index in [1.54, 1.807) is 27.7 Å². The van der Waals surface area contributed by atoms with Crippen LogP contribution >= 0.6 is 0 Å². The number of Topliss-reactive ketones (excluding diaryl/α,β-unsaturated/α-hetero) is 1. The smallest absolute Gasteiger partial charge is 0.410 e. The van der Waals surface area contributed by atoms with Crippen molar-refractivity contribution in [2.75, 3.05) is 19.7 Å². The van der Waals surface area contributed by atoms with Gasteiger partial charge < -0.3 is 14.4 Å². The van der Waals surface area contributed by atoms with Crippen LogP contribution in [-0.4, -0.2) is 48.0 Å². The van der Waals surface area contributed by atoms with Gasteiger partial charge in [0.05, 0.1) is 12.5 Å². The number of amides is 1. The molecule has 0 spiro atoms. The lowest BCUT2D eigenvalue weighted by atomic mass is 10.0. The second-order valence-electron chi connectivity index (χ2n) is 5.87. The molecule has 6 heteroatoms. The van der Waals surface area contributed by atoms with Gasteiger partial charge in [-0.1, -0.05) is 0 Å². The highest BCUT2D eigenvalue weighted by molar-refractivity contribution is 5.86. The molecule has 1 aliphatic heterocycles. The molecule has 0 aliphatic carbocycles. The Labute approximate surface area is 119 Å². The maximum atomic E-state index is 12.0. The fourth-order valence-electron chi connectivity index (χ4n) is 1.97. The zero-order chi connectivity index (χ0) is 15.3. The molecule has 1 saturated heterocycles. The van der Waals surface area contributed by atoms with Gasteiger partial charge in [0.25, 0.3) is 0 Å². The molecular formula is C14H23NO5. The van der Waals surface area contributed by atoms with Gasteiger partial charge in [0.1, 0.15) is 11.4 Å². The molecule has 0 saturated carbocycles. The van der Waals surface area contributed by atoms with Crippen molar-refractivity contribution < 1.29 is 23.9 Å². The van der Waals surface area contributed by atoms with E-state index in [1.807, 2.05) is 0 Å². The van der Waals surface area contributed by atoms with Crippen molar-refractivity contribution in [2.45, 2.75) is 46.1 Å². The summed E-state index contributed by atoms with van der Waals surface area (Å²) in [6.07, 6.45) is -0.130. The Bertz CT molecular complexity index is 386. The fourth-order valence-corrected chi connectivity index (χ4v) is 1.97. The summed E-state index contributed by atoms with van der Waals surface area (Å²) in [5.41, 5.74) is -0.604. The molecule has 114 valence electrons. The molecule has 0 aromatic rings. The number of carbonyl (C=O) groups is 3. The zero-order valence-electron chi connectivity index (χ0n) is 12.6. The molecule has 0 radical (unpaired) electrons. The largest absolute Gasteiger partial charge is 0.466 e. The predicted molar refractivity (Wildman–Crippen MR) is 72.2 cm³/mol. The second-order valence-corrected chi connectivity index (χ2v) is 5.87. The molecular weight excluding hydrogens is 262 g/mol. The number of hydrogen-bond donors (Lipinski definition) is 0. The minimum absolute atomic E-state index is 0.0332. The quantitative estimate of drug-likeness (QED) is 0.723. The highest BCUT2D eigenvalue weighted by atomic mass is 16.6. The molecule has 0 aromatic heterocycles. The topological polar surface area (TPSA) is 72.9 Å². The molecule has 0 aromatic carbocycles. The van der Waals surface area contributed by atoms with Crippen molar-refractivity contribution in [1.82, 2.24) is 4.90 Å². The van der Waals surface area contributed by atoms with Crippen LogP contribution in [0.2, 0.25) is 0 Å². The average molecular weight is 285 g/mol. The summed E-state index contributed by atoms with van der Waals surface area (Å²) in [6.45, 7) is 7.74. The van der Waals surface area contributed by atoms with Crippen molar-refractivity contribution in [3.8, 4) is 0 Å². The van der Waals surface area contributed by atoms with Gasteiger partial charge in [0.2, 0.25) is 0 Å². The summed E-state index contributed by atoms with van der Waals surface area (Å²) in [4.78, 5) is 36.9. The van der Waals surface area contributed by atoms with Crippen molar-refractivity contribution in [2.24, 2.45) is 5.92 Å². The highest BCUT2D eigenvalue weighted by Crippen LogP contribution is 2.18.